The zero-order valence-corrected chi connectivity index (χ0v) is 18.0. The fourth-order valence-electron chi connectivity index (χ4n) is 4.04. The van der Waals surface area contributed by atoms with Crippen LogP contribution in [0.15, 0.2) is 53.6 Å². The monoisotopic (exact) mass is 426 g/mol. The van der Waals surface area contributed by atoms with E-state index < -0.39 is 10.0 Å². The molecule has 0 unspecified atom stereocenters. The first-order valence-corrected chi connectivity index (χ1v) is 11.5. The Hall–Kier alpha value is -2.55. The summed E-state index contributed by atoms with van der Waals surface area (Å²) in [6.45, 7) is 2.62. The minimum atomic E-state index is -3.59. The number of rotatable bonds is 5. The van der Waals surface area contributed by atoms with Gasteiger partial charge in [0.25, 0.3) is 0 Å². The van der Waals surface area contributed by atoms with Crippen LogP contribution in [0.2, 0.25) is 0 Å². The van der Waals surface area contributed by atoms with Crippen LogP contribution in [-0.2, 0) is 23.7 Å². The lowest BCUT2D eigenvalue weighted by atomic mass is 9.95. The van der Waals surface area contributed by atoms with E-state index in [-0.39, 0.29) is 17.4 Å². The molecule has 1 aliphatic rings. The minimum absolute atomic E-state index is 0.0171. The summed E-state index contributed by atoms with van der Waals surface area (Å²) in [5, 5.41) is 13.6. The molecule has 0 saturated carbocycles. The van der Waals surface area contributed by atoms with E-state index in [9.17, 15) is 13.5 Å². The molecule has 2 aromatic heterocycles. The molecule has 30 heavy (non-hydrogen) atoms. The Kier molecular flexibility index (Phi) is 5.73. The molecule has 3 heterocycles. The van der Waals surface area contributed by atoms with Crippen molar-refractivity contribution in [3.8, 4) is 11.3 Å². The number of nitrogens with zero attached hydrogens (tertiary/aromatic N) is 4. The van der Waals surface area contributed by atoms with Gasteiger partial charge in [-0.15, -0.1) is 0 Å². The molecule has 0 bridgehead atoms. The molecule has 8 heteroatoms. The summed E-state index contributed by atoms with van der Waals surface area (Å²) in [7, 11) is -1.86. The molecule has 7 nitrogen and oxygen atoms in total. The van der Waals surface area contributed by atoms with Gasteiger partial charge in [-0.25, -0.2) is 8.42 Å². The normalized spacial score (nSPS) is 17.9. The second-order valence-electron chi connectivity index (χ2n) is 7.76. The number of sulfonamides is 1. The predicted octanol–water partition coefficient (Wildman–Crippen LogP) is 2.85. The molecule has 158 valence electrons. The lowest BCUT2D eigenvalue weighted by Gasteiger charge is -2.31. The second kappa shape index (κ2) is 8.29. The van der Waals surface area contributed by atoms with E-state index in [4.69, 9.17) is 4.98 Å². The molecule has 1 N–H and O–H groups in total. The Balaban J connectivity index is 1.60. The molecule has 0 aliphatic carbocycles. The number of aliphatic hydroxyl groups is 1. The summed E-state index contributed by atoms with van der Waals surface area (Å²) in [5.41, 5.74) is 4.01. The first-order valence-electron chi connectivity index (χ1n) is 10.1. The lowest BCUT2D eigenvalue weighted by molar-refractivity contribution is 0.282. The Labute approximate surface area is 177 Å². The molecule has 1 saturated heterocycles. The third-order valence-corrected chi connectivity index (χ3v) is 7.53. The number of piperidine rings is 1. The Morgan fingerprint density at radius 2 is 2.00 bits per heavy atom. The molecule has 3 aromatic rings. The highest BCUT2D eigenvalue weighted by Gasteiger charge is 2.33. The summed E-state index contributed by atoms with van der Waals surface area (Å²) >= 11 is 0. The van der Waals surface area contributed by atoms with Crippen molar-refractivity contribution in [2.45, 2.75) is 37.2 Å². The van der Waals surface area contributed by atoms with Gasteiger partial charge < -0.3 is 5.11 Å². The van der Waals surface area contributed by atoms with E-state index in [1.165, 1.54) is 4.68 Å². The van der Waals surface area contributed by atoms with Crippen molar-refractivity contribution in [1.82, 2.24) is 19.1 Å². The van der Waals surface area contributed by atoms with Crippen LogP contribution in [0.4, 0.5) is 0 Å². The van der Waals surface area contributed by atoms with Gasteiger partial charge in [0.2, 0.25) is 10.0 Å². The van der Waals surface area contributed by atoms with E-state index >= 15 is 0 Å². The topological polar surface area (TPSA) is 88.3 Å². The number of benzene rings is 1. The maximum absolute atomic E-state index is 13.2. The average molecular weight is 427 g/mol. The molecule has 1 fully saturated rings. The van der Waals surface area contributed by atoms with Crippen molar-refractivity contribution in [2.24, 2.45) is 7.05 Å². The number of hydrogen-bond donors (Lipinski definition) is 1. The number of aromatic nitrogens is 3. The molecule has 1 aliphatic heterocycles. The molecule has 0 amide bonds. The third kappa shape index (κ3) is 4.03. The highest BCUT2D eigenvalue weighted by molar-refractivity contribution is 7.89. The summed E-state index contributed by atoms with van der Waals surface area (Å²) in [4.78, 5) is 5.10. The van der Waals surface area contributed by atoms with Crippen molar-refractivity contribution in [1.29, 1.82) is 0 Å². The highest BCUT2D eigenvalue weighted by atomic mass is 32.2. The third-order valence-electron chi connectivity index (χ3n) is 5.56. The standard InChI is InChI=1S/C22H26N4O3S/c1-16-22(14-25(2)24-16)30(28,29)26-11-5-8-19(13-26)21-10-4-9-20(23-21)18-7-3-6-17(12-18)15-27/h3-4,6-7,9-10,12,14,19,27H,5,8,11,13,15H2,1-2H3/t19-/m1/s1. The Bertz CT molecular complexity index is 1160. The largest absolute Gasteiger partial charge is 0.392 e. The van der Waals surface area contributed by atoms with Crippen LogP contribution in [0, 0.1) is 6.92 Å². The first-order chi connectivity index (χ1) is 14.4. The van der Waals surface area contributed by atoms with Crippen LogP contribution >= 0.6 is 0 Å². The molecule has 0 radical (unpaired) electrons. The fourth-order valence-corrected chi connectivity index (χ4v) is 5.76. The summed E-state index contributed by atoms with van der Waals surface area (Å²) in [6, 6.07) is 13.5. The number of hydrogen-bond acceptors (Lipinski definition) is 5. The van der Waals surface area contributed by atoms with Crippen LogP contribution in [0.3, 0.4) is 0 Å². The van der Waals surface area contributed by atoms with Gasteiger partial charge in [0.15, 0.2) is 0 Å². The fraction of sp³-hybridized carbons (Fsp3) is 0.364. The average Bonchev–Trinajstić information content (AvgIpc) is 3.12. The minimum Gasteiger partial charge on any atom is -0.392 e. The zero-order valence-electron chi connectivity index (χ0n) is 17.2. The Morgan fingerprint density at radius 3 is 2.73 bits per heavy atom. The molecule has 0 spiro atoms. The maximum atomic E-state index is 13.2. The smallest absolute Gasteiger partial charge is 0.246 e. The van der Waals surface area contributed by atoms with E-state index in [1.54, 1.807) is 24.5 Å². The van der Waals surface area contributed by atoms with Gasteiger partial charge in [-0.2, -0.15) is 9.40 Å². The van der Waals surface area contributed by atoms with Gasteiger partial charge in [-0.1, -0.05) is 24.3 Å². The van der Waals surface area contributed by atoms with Crippen LogP contribution in [-0.4, -0.2) is 45.7 Å². The number of aryl methyl sites for hydroxylation is 2. The van der Waals surface area contributed by atoms with Gasteiger partial charge in [-0.3, -0.25) is 9.67 Å². The van der Waals surface area contributed by atoms with Gasteiger partial charge in [0.05, 0.1) is 18.0 Å². The van der Waals surface area contributed by atoms with E-state index in [0.717, 1.165) is 35.4 Å². The maximum Gasteiger partial charge on any atom is 0.246 e. The van der Waals surface area contributed by atoms with Crippen molar-refractivity contribution >= 4 is 10.0 Å². The van der Waals surface area contributed by atoms with Crippen LogP contribution in [0.25, 0.3) is 11.3 Å². The predicted molar refractivity (Wildman–Crippen MR) is 114 cm³/mol. The Morgan fingerprint density at radius 1 is 1.20 bits per heavy atom. The summed E-state index contributed by atoms with van der Waals surface area (Å²) in [6.07, 6.45) is 3.25. The van der Waals surface area contributed by atoms with Crippen molar-refractivity contribution in [2.75, 3.05) is 13.1 Å². The van der Waals surface area contributed by atoms with Crippen molar-refractivity contribution in [3.05, 3.63) is 65.6 Å². The van der Waals surface area contributed by atoms with Crippen molar-refractivity contribution < 1.29 is 13.5 Å². The number of aliphatic hydroxyl groups excluding tert-OH is 1. The molecule has 1 aromatic carbocycles. The first kappa shape index (κ1) is 20.7. The lowest BCUT2D eigenvalue weighted by Crippen LogP contribution is -2.39. The SMILES string of the molecule is Cc1nn(C)cc1S(=O)(=O)N1CCC[C@@H](c2cccc(-c3cccc(CO)c3)n2)C1. The van der Waals surface area contributed by atoms with Gasteiger partial charge in [0, 0.05) is 43.5 Å². The molecule has 4 rings (SSSR count). The van der Waals surface area contributed by atoms with Crippen LogP contribution < -0.4 is 0 Å². The quantitative estimate of drug-likeness (QED) is 0.678. The van der Waals surface area contributed by atoms with E-state index in [2.05, 4.69) is 5.10 Å². The summed E-state index contributed by atoms with van der Waals surface area (Å²) < 4.78 is 29.5. The molecule has 1 atom stereocenters. The van der Waals surface area contributed by atoms with Gasteiger partial charge >= 0.3 is 0 Å². The number of pyridine rings is 1. The van der Waals surface area contributed by atoms with Gasteiger partial charge in [-0.05, 0) is 43.5 Å². The van der Waals surface area contributed by atoms with Crippen molar-refractivity contribution in [3.63, 3.8) is 0 Å². The summed E-state index contributed by atoms with van der Waals surface area (Å²) in [5.74, 6) is 0.0338. The zero-order chi connectivity index (χ0) is 21.3. The van der Waals surface area contributed by atoms with Gasteiger partial charge in [0.1, 0.15) is 4.90 Å². The molecular weight excluding hydrogens is 400 g/mol. The van der Waals surface area contributed by atoms with Crippen LogP contribution in [0.1, 0.15) is 35.7 Å². The highest BCUT2D eigenvalue weighted by Crippen LogP contribution is 2.31. The second-order valence-corrected chi connectivity index (χ2v) is 9.67. The molecular formula is C22H26N4O3S. The van der Waals surface area contributed by atoms with E-state index in [1.807, 2.05) is 42.5 Å². The van der Waals surface area contributed by atoms with Crippen LogP contribution in [0.5, 0.6) is 0 Å². The van der Waals surface area contributed by atoms with E-state index in [0.29, 0.717) is 18.8 Å².